The van der Waals surface area contributed by atoms with Crippen LogP contribution in [-0.4, -0.2) is 11.4 Å². The van der Waals surface area contributed by atoms with Gasteiger partial charge in [-0.1, -0.05) is 39.5 Å². The first-order valence-corrected chi connectivity index (χ1v) is 8.81. The predicted molar refractivity (Wildman–Crippen MR) is 53.1 cm³/mol. The molecule has 0 aromatic carbocycles. The van der Waals surface area contributed by atoms with Crippen molar-refractivity contribution in [2.24, 2.45) is 0 Å². The molecule has 0 atom stereocenters. The quantitative estimate of drug-likeness (QED) is 0.491. The van der Waals surface area contributed by atoms with Gasteiger partial charge in [0.05, 0.1) is 0 Å². The fourth-order valence-corrected chi connectivity index (χ4v) is 0.500. The Labute approximate surface area is 80.8 Å². The first-order chi connectivity index (χ1) is 4.65. The molecule has 0 aliphatic heterocycles. The van der Waals surface area contributed by atoms with Gasteiger partial charge in [-0.25, -0.2) is 30.1 Å². The number of rotatable bonds is 3. The molecule has 0 bridgehead atoms. The summed E-state index contributed by atoms with van der Waals surface area (Å²) in [5.74, 6) is 0. The smallest absolute Gasteiger partial charge is 0.214 e. The monoisotopic (exact) mass is 218 g/mol. The van der Waals surface area contributed by atoms with Crippen molar-refractivity contribution in [3.8, 4) is 0 Å². The Balaban J connectivity index is 0. The molecule has 10 heavy (non-hydrogen) atoms. The van der Waals surface area contributed by atoms with Crippen LogP contribution in [0.15, 0.2) is 0 Å². The second kappa shape index (κ2) is 13.0. The molecule has 0 N–H and O–H groups in total. The van der Waals surface area contributed by atoms with Crippen molar-refractivity contribution in [3.63, 3.8) is 0 Å². The van der Waals surface area contributed by atoms with Crippen LogP contribution in [0.25, 0.3) is 0 Å². The van der Waals surface area contributed by atoms with Crippen LogP contribution < -0.4 is 0 Å². The Morgan fingerprint density at radius 1 is 0.900 bits per heavy atom. The number of halogens is 3. The second-order valence-corrected chi connectivity index (χ2v) is 8.39. The molecule has 0 heterocycles. The minimum Gasteiger partial charge on any atom is -0.214 e. The van der Waals surface area contributed by atoms with Crippen LogP contribution in [0.3, 0.4) is 0 Å². The van der Waals surface area contributed by atoms with Crippen molar-refractivity contribution in [1.29, 1.82) is 0 Å². The fraction of sp³-hybridized carbons (Fsp3) is 1.00. The Hall–Kier alpha value is 1.40. The van der Waals surface area contributed by atoms with E-state index in [1.165, 1.54) is 25.7 Å². The van der Waals surface area contributed by atoms with E-state index < -0.39 is 11.4 Å². The third-order valence-corrected chi connectivity index (χ3v) is 0.957. The lowest BCUT2D eigenvalue weighted by molar-refractivity contribution is 0.702. The van der Waals surface area contributed by atoms with Crippen LogP contribution >= 0.6 is 30.1 Å². The summed E-state index contributed by atoms with van der Waals surface area (Å²) < 4.78 is 0. The van der Waals surface area contributed by atoms with Gasteiger partial charge < -0.3 is 0 Å². The fourth-order valence-electron chi connectivity index (χ4n) is 0.500. The molecule has 0 unspecified atom stereocenters. The summed E-state index contributed by atoms with van der Waals surface area (Å²) in [5, 5.41) is 0. The van der Waals surface area contributed by atoms with Crippen LogP contribution in [0.1, 0.15) is 39.5 Å². The van der Waals surface area contributed by atoms with Crippen molar-refractivity contribution < 1.29 is 0 Å². The molecule has 0 fully saturated rings. The maximum Gasteiger partial charge on any atom is 0.643 e. The highest BCUT2D eigenvalue weighted by Crippen LogP contribution is 1.97. The zero-order valence-electron chi connectivity index (χ0n) is 6.54. The molecule has 0 spiro atoms. The van der Waals surface area contributed by atoms with Crippen LogP contribution in [-0.2, 0) is 0 Å². The third kappa shape index (κ3) is 34.3. The molecule has 0 nitrogen and oxygen atoms in total. The lowest BCUT2D eigenvalue weighted by Gasteiger charge is -1.86. The van der Waals surface area contributed by atoms with Gasteiger partial charge in [0.15, 0.2) is 0 Å². The molecule has 4 heteroatoms. The van der Waals surface area contributed by atoms with Gasteiger partial charge in [-0.15, -0.1) is 0 Å². The van der Waals surface area contributed by atoms with Crippen molar-refractivity contribution in [2.75, 3.05) is 0 Å². The van der Waals surface area contributed by atoms with Gasteiger partial charge in [-0.2, -0.15) is 0 Å². The number of unbranched alkanes of at least 4 members (excludes halogenated alkanes) is 3. The van der Waals surface area contributed by atoms with Gasteiger partial charge in [-0.05, 0) is 0 Å². The van der Waals surface area contributed by atoms with E-state index >= 15 is 0 Å². The predicted octanol–water partition coefficient (Wildman–Crippen LogP) is 4.27. The van der Waals surface area contributed by atoms with Crippen molar-refractivity contribution in [1.82, 2.24) is 0 Å². The van der Waals surface area contributed by atoms with Crippen molar-refractivity contribution in [2.45, 2.75) is 39.5 Å². The molecular formula is C6H14AlCl3. The summed E-state index contributed by atoms with van der Waals surface area (Å²) in [6, 6.07) is 0. The number of hydrogen-bond acceptors (Lipinski definition) is 0. The summed E-state index contributed by atoms with van der Waals surface area (Å²) in [6.07, 6.45) is 5.54. The summed E-state index contributed by atoms with van der Waals surface area (Å²) in [7, 11) is 14.8. The number of hydrogen-bond donors (Lipinski definition) is 0. The van der Waals surface area contributed by atoms with E-state index in [0.717, 1.165) is 0 Å². The van der Waals surface area contributed by atoms with Gasteiger partial charge in [0.2, 0.25) is 0 Å². The van der Waals surface area contributed by atoms with Gasteiger partial charge in [0.25, 0.3) is 0 Å². The van der Waals surface area contributed by atoms with E-state index in [9.17, 15) is 0 Å². The Bertz CT molecular complexity index is 43.5. The van der Waals surface area contributed by atoms with Gasteiger partial charge in [0.1, 0.15) is 0 Å². The minimum atomic E-state index is -1.72. The van der Waals surface area contributed by atoms with Gasteiger partial charge in [0, 0.05) is 0 Å². The summed E-state index contributed by atoms with van der Waals surface area (Å²) in [5.41, 5.74) is 0. The molecule has 0 amide bonds. The molecule has 0 rings (SSSR count). The highest BCUT2D eigenvalue weighted by molar-refractivity contribution is 7.54. The topological polar surface area (TPSA) is 0 Å². The van der Waals surface area contributed by atoms with E-state index in [-0.39, 0.29) is 0 Å². The molecule has 0 aromatic rings. The van der Waals surface area contributed by atoms with E-state index in [4.69, 9.17) is 30.1 Å². The molecule has 0 saturated heterocycles. The Morgan fingerprint density at radius 2 is 1.10 bits per heavy atom. The highest BCUT2D eigenvalue weighted by Gasteiger charge is 2.00. The molecule has 0 aliphatic rings. The lowest BCUT2D eigenvalue weighted by Crippen LogP contribution is -1.66. The highest BCUT2D eigenvalue weighted by atomic mass is 35.8. The van der Waals surface area contributed by atoms with Crippen LogP contribution in [0.4, 0.5) is 0 Å². The molecule has 62 valence electrons. The maximum atomic E-state index is 4.94. The van der Waals surface area contributed by atoms with Crippen molar-refractivity contribution in [3.05, 3.63) is 0 Å². The summed E-state index contributed by atoms with van der Waals surface area (Å²) in [6.45, 7) is 4.46. The minimum absolute atomic E-state index is 1.36. The normalized spacial score (nSPS) is 8.10. The molecule has 0 radical (unpaired) electrons. The van der Waals surface area contributed by atoms with E-state index in [2.05, 4.69) is 13.8 Å². The Morgan fingerprint density at radius 3 is 1.20 bits per heavy atom. The van der Waals surface area contributed by atoms with E-state index in [1.807, 2.05) is 0 Å². The van der Waals surface area contributed by atoms with Gasteiger partial charge in [-0.3, -0.25) is 0 Å². The summed E-state index contributed by atoms with van der Waals surface area (Å²) in [4.78, 5) is 0. The van der Waals surface area contributed by atoms with Crippen LogP contribution in [0.2, 0.25) is 0 Å². The van der Waals surface area contributed by atoms with Gasteiger partial charge >= 0.3 is 11.4 Å². The lowest BCUT2D eigenvalue weighted by atomic mass is 10.2. The third-order valence-electron chi connectivity index (χ3n) is 0.957. The average Bonchev–Trinajstić information content (AvgIpc) is 1.82. The molecular weight excluding hydrogens is 205 g/mol. The Kier molecular flexibility index (Phi) is 18.2. The molecule has 0 aromatic heterocycles. The van der Waals surface area contributed by atoms with Crippen molar-refractivity contribution >= 4 is 41.5 Å². The van der Waals surface area contributed by atoms with Crippen LogP contribution in [0.5, 0.6) is 0 Å². The second-order valence-electron chi connectivity index (χ2n) is 1.95. The first kappa shape index (κ1) is 14.0. The standard InChI is InChI=1S/C6H14.Al.3ClH/c1-3-5-6-4-2;;;;/h3-6H2,1-2H3;;3*1H/q;+3;;;/p-3. The zero-order valence-corrected chi connectivity index (χ0v) is 9.96. The van der Waals surface area contributed by atoms with E-state index in [0.29, 0.717) is 0 Å². The first-order valence-electron chi connectivity index (χ1n) is 3.57. The average molecular weight is 220 g/mol. The maximum absolute atomic E-state index is 4.94. The van der Waals surface area contributed by atoms with Crippen LogP contribution in [0, 0.1) is 0 Å². The SMILES string of the molecule is CCCCCC.[Cl][Al]([Cl])[Cl]. The largest absolute Gasteiger partial charge is 0.643 e. The van der Waals surface area contributed by atoms with E-state index in [1.54, 1.807) is 0 Å². The summed E-state index contributed by atoms with van der Waals surface area (Å²) >= 11 is -1.72. The zero-order chi connectivity index (χ0) is 8.41. The molecule has 0 aliphatic carbocycles. The molecule has 0 saturated carbocycles.